The van der Waals surface area contributed by atoms with Gasteiger partial charge in [0.1, 0.15) is 11.9 Å². The lowest BCUT2D eigenvalue weighted by molar-refractivity contribution is -0.126. The van der Waals surface area contributed by atoms with Gasteiger partial charge in [-0.25, -0.2) is 4.98 Å². The summed E-state index contributed by atoms with van der Waals surface area (Å²) in [5.74, 6) is -0.282. The Kier molecular flexibility index (Phi) is 5.76. The molecule has 0 radical (unpaired) electrons. The largest absolute Gasteiger partial charge is 0.365 e. The van der Waals surface area contributed by atoms with E-state index < -0.39 is 17.1 Å². The van der Waals surface area contributed by atoms with Gasteiger partial charge in [-0.2, -0.15) is 5.26 Å². The molecule has 6 rings (SSSR count). The van der Waals surface area contributed by atoms with Crippen molar-refractivity contribution < 1.29 is 14.3 Å². The molecule has 5 heterocycles. The van der Waals surface area contributed by atoms with Gasteiger partial charge < -0.3 is 20.3 Å². The maximum Gasteiger partial charge on any atom is 0.253 e. The highest BCUT2D eigenvalue weighted by Crippen LogP contribution is 2.63. The molecule has 10 heteroatoms. The fourth-order valence-corrected chi connectivity index (χ4v) is 7.01. The van der Waals surface area contributed by atoms with Crippen molar-refractivity contribution in [2.45, 2.75) is 37.5 Å². The molecule has 5 atom stereocenters. The fraction of sp³-hybridized carbons (Fsp3) is 0.429. The lowest BCUT2D eigenvalue weighted by Crippen LogP contribution is -2.56. The van der Waals surface area contributed by atoms with Crippen LogP contribution in [0, 0.1) is 23.2 Å². The number of benzene rings is 1. The van der Waals surface area contributed by atoms with Gasteiger partial charge >= 0.3 is 0 Å². The molecule has 0 aliphatic carbocycles. The molecule has 2 N–H and O–H groups in total. The van der Waals surface area contributed by atoms with Crippen molar-refractivity contribution in [3.8, 4) is 6.07 Å². The van der Waals surface area contributed by atoms with Crippen LogP contribution in [0.2, 0.25) is 5.02 Å². The Balaban J connectivity index is 1.22. The molecule has 38 heavy (non-hydrogen) atoms. The molecule has 4 unspecified atom stereocenters. The summed E-state index contributed by atoms with van der Waals surface area (Å²) in [7, 11) is 0. The molecule has 4 aliphatic heterocycles. The predicted molar refractivity (Wildman–Crippen MR) is 143 cm³/mol. The molecule has 2 aromatic rings. The van der Waals surface area contributed by atoms with Crippen LogP contribution in [-0.4, -0.2) is 60.2 Å². The van der Waals surface area contributed by atoms with Gasteiger partial charge in [-0.05, 0) is 50.6 Å². The van der Waals surface area contributed by atoms with Crippen LogP contribution in [0.3, 0.4) is 0 Å². The Morgan fingerprint density at radius 1 is 1.26 bits per heavy atom. The number of hydrogen-bond acceptors (Lipinski definition) is 7. The number of fused-ring (bicyclic) bond motifs is 5. The third-order valence-corrected chi connectivity index (χ3v) is 8.90. The fourth-order valence-electron chi connectivity index (χ4n) is 6.79. The van der Waals surface area contributed by atoms with Crippen molar-refractivity contribution in [3.05, 3.63) is 65.0 Å². The number of rotatable bonds is 4. The number of aromatic nitrogens is 1. The summed E-state index contributed by atoms with van der Waals surface area (Å²) >= 11 is 6.27. The first-order valence-electron chi connectivity index (χ1n) is 12.8. The van der Waals surface area contributed by atoms with E-state index >= 15 is 0 Å². The third kappa shape index (κ3) is 3.62. The van der Waals surface area contributed by atoms with Gasteiger partial charge in [0.15, 0.2) is 0 Å². The van der Waals surface area contributed by atoms with Gasteiger partial charge in [0, 0.05) is 44.0 Å². The number of piperazine rings is 1. The Morgan fingerprint density at radius 2 is 2.03 bits per heavy atom. The molecule has 2 amide bonds. The summed E-state index contributed by atoms with van der Waals surface area (Å²) in [6.45, 7) is 11.7. The van der Waals surface area contributed by atoms with Gasteiger partial charge in [0.25, 0.3) is 5.91 Å². The number of nitriles is 1. The van der Waals surface area contributed by atoms with E-state index in [1.807, 2.05) is 26.0 Å². The average Bonchev–Trinajstić information content (AvgIpc) is 3.44. The van der Waals surface area contributed by atoms with Gasteiger partial charge in [-0.3, -0.25) is 14.5 Å². The molecule has 1 aromatic heterocycles. The Bertz CT molecular complexity index is 1380. The average molecular weight is 533 g/mol. The highest BCUT2D eigenvalue weighted by atomic mass is 35.5. The zero-order valence-electron chi connectivity index (χ0n) is 21.3. The number of carbonyl (C=O) groups is 2. The smallest absolute Gasteiger partial charge is 0.253 e. The van der Waals surface area contributed by atoms with Gasteiger partial charge in [-0.1, -0.05) is 18.2 Å². The minimum absolute atomic E-state index is 0.145. The molecule has 4 aliphatic rings. The molecule has 1 aromatic carbocycles. The van der Waals surface area contributed by atoms with Crippen LogP contribution in [-0.2, 0) is 9.53 Å². The van der Waals surface area contributed by atoms with E-state index in [2.05, 4.69) is 27.1 Å². The molecule has 9 nitrogen and oxygen atoms in total. The van der Waals surface area contributed by atoms with Crippen LogP contribution in [0.1, 0.15) is 36.2 Å². The first kappa shape index (κ1) is 24.9. The van der Waals surface area contributed by atoms with Crippen molar-refractivity contribution in [2.75, 3.05) is 36.0 Å². The lowest BCUT2D eigenvalue weighted by Gasteiger charge is -2.36. The number of ether oxygens (including phenoxy) is 1. The van der Waals surface area contributed by atoms with Crippen LogP contribution in [0.25, 0.3) is 0 Å². The van der Waals surface area contributed by atoms with E-state index in [0.29, 0.717) is 28.9 Å². The second kappa shape index (κ2) is 8.80. The molecule has 4 fully saturated rings. The predicted octanol–water partition coefficient (Wildman–Crippen LogP) is 2.86. The van der Waals surface area contributed by atoms with E-state index in [4.69, 9.17) is 16.3 Å². The summed E-state index contributed by atoms with van der Waals surface area (Å²) in [5.41, 5.74) is 0.445. The normalized spacial score (nSPS) is 31.9. The van der Waals surface area contributed by atoms with Crippen LogP contribution >= 0.6 is 11.6 Å². The van der Waals surface area contributed by atoms with Crippen molar-refractivity contribution >= 4 is 34.9 Å². The third-order valence-electron chi connectivity index (χ3n) is 8.58. The van der Waals surface area contributed by atoms with Crippen molar-refractivity contribution in [2.24, 2.45) is 11.8 Å². The van der Waals surface area contributed by atoms with Crippen LogP contribution in [0.15, 0.2) is 48.8 Å². The summed E-state index contributed by atoms with van der Waals surface area (Å²) in [5, 5.41) is 16.0. The van der Waals surface area contributed by atoms with E-state index in [0.717, 1.165) is 32.0 Å². The number of hydrogen-bond donors (Lipinski definition) is 2. The number of anilines is 2. The second-order valence-electron chi connectivity index (χ2n) is 10.9. The molecule has 4 saturated heterocycles. The van der Waals surface area contributed by atoms with Crippen LogP contribution < -0.4 is 20.4 Å². The molecule has 0 spiro atoms. The summed E-state index contributed by atoms with van der Waals surface area (Å²) < 4.78 is 6.53. The van der Waals surface area contributed by atoms with Crippen LogP contribution in [0.5, 0.6) is 0 Å². The number of nitrogens with zero attached hydrogens (tertiary/aromatic N) is 4. The highest BCUT2D eigenvalue weighted by Gasteiger charge is 2.74. The van der Waals surface area contributed by atoms with E-state index in [1.165, 1.54) is 0 Å². The summed E-state index contributed by atoms with van der Waals surface area (Å²) in [6.07, 6.45) is 2.16. The Hall–Kier alpha value is -3.45. The topological polar surface area (TPSA) is 111 Å². The maximum absolute atomic E-state index is 13.8. The SMILES string of the molecule is C=C1C2C(C(=O)N1c1ccc(C#N)c(Cl)c1)[C@@]1(C)OC2(C)CC1NC(=O)c1ccc(N2CCNCC2)nc1. The number of pyridine rings is 1. The van der Waals surface area contributed by atoms with Crippen molar-refractivity contribution in [1.82, 2.24) is 15.6 Å². The Labute approximate surface area is 226 Å². The number of halogens is 1. The van der Waals surface area contributed by atoms with Gasteiger partial charge in [0.2, 0.25) is 5.91 Å². The summed E-state index contributed by atoms with van der Waals surface area (Å²) in [4.78, 5) is 35.4. The summed E-state index contributed by atoms with van der Waals surface area (Å²) in [6, 6.07) is 10.3. The highest BCUT2D eigenvalue weighted by molar-refractivity contribution is 6.32. The van der Waals surface area contributed by atoms with Crippen molar-refractivity contribution in [1.29, 1.82) is 5.26 Å². The van der Waals surface area contributed by atoms with Gasteiger partial charge in [-0.15, -0.1) is 0 Å². The lowest BCUT2D eigenvalue weighted by atomic mass is 9.66. The zero-order valence-corrected chi connectivity index (χ0v) is 22.1. The Morgan fingerprint density at radius 3 is 2.68 bits per heavy atom. The zero-order chi connectivity index (χ0) is 26.8. The molecular formula is C28H29ClN6O3. The standard InChI is InChI=1S/C28H29ClN6O3/c1-16-23-24(26(37)35(16)19-6-4-17(14-30)20(29)12-19)28(3)21(13-27(23,2)38-28)33-25(36)18-5-7-22(32-15-18)34-10-8-31-9-11-34/h4-7,12,15,21,23-24,31H,1,8-11,13H2,2-3H3,(H,33,36)/t21?,23?,24?,27?,28-/m0/s1. The van der Waals surface area contributed by atoms with Gasteiger partial charge in [0.05, 0.1) is 45.0 Å². The first-order chi connectivity index (χ1) is 18.2. The minimum Gasteiger partial charge on any atom is -0.365 e. The quantitative estimate of drug-likeness (QED) is 0.623. The van der Waals surface area contributed by atoms with E-state index in [9.17, 15) is 14.9 Å². The molecule has 2 bridgehead atoms. The first-order valence-corrected chi connectivity index (χ1v) is 13.2. The molecule has 0 saturated carbocycles. The second-order valence-corrected chi connectivity index (χ2v) is 11.3. The van der Waals surface area contributed by atoms with Crippen molar-refractivity contribution in [3.63, 3.8) is 0 Å². The number of nitrogens with one attached hydrogen (secondary N) is 2. The minimum atomic E-state index is -0.908. The monoisotopic (exact) mass is 532 g/mol. The number of carbonyl (C=O) groups excluding carboxylic acids is 2. The maximum atomic E-state index is 13.8. The molecular weight excluding hydrogens is 504 g/mol. The van der Waals surface area contributed by atoms with Crippen LogP contribution in [0.4, 0.5) is 11.5 Å². The van der Waals surface area contributed by atoms with E-state index in [1.54, 1.807) is 35.4 Å². The number of amides is 2. The van der Waals surface area contributed by atoms with E-state index in [-0.39, 0.29) is 28.8 Å². The molecule has 196 valence electrons.